The highest BCUT2D eigenvalue weighted by molar-refractivity contribution is 7.00. The molecule has 77 heavy (non-hydrogen) atoms. The molecule has 0 atom stereocenters. The highest BCUT2D eigenvalue weighted by Gasteiger charge is 2.51. The van der Waals surface area contributed by atoms with E-state index in [-0.39, 0.29) is 44.6 Å². The molecule has 13 rings (SSSR count). The normalized spacial score (nSPS) is 19.0. The van der Waals surface area contributed by atoms with Crippen LogP contribution in [0.5, 0.6) is 0 Å². The Morgan fingerprint density at radius 2 is 0.831 bits per heavy atom. The smallest absolute Gasteiger partial charge is 0.252 e. The second-order valence-corrected chi connectivity index (χ2v) is 28.5. The van der Waals surface area contributed by atoms with Crippen LogP contribution < -0.4 is 31.1 Å². The second-order valence-electron chi connectivity index (χ2n) is 28.5. The maximum absolute atomic E-state index is 2.72. The molecule has 2 heterocycles. The third-order valence-corrected chi connectivity index (χ3v) is 19.6. The number of aryl methyl sites for hydroxylation is 1. The van der Waals surface area contributed by atoms with Gasteiger partial charge in [0.25, 0.3) is 6.71 Å². The molecule has 8 aromatic rings. The predicted octanol–water partition coefficient (Wildman–Crippen LogP) is 17.8. The van der Waals surface area contributed by atoms with Gasteiger partial charge in [-0.25, -0.2) is 0 Å². The summed E-state index contributed by atoms with van der Waals surface area (Å²) in [6.07, 6.45) is 3.32. The number of para-hydroxylation sites is 2. The number of rotatable bonds is 7. The van der Waals surface area contributed by atoms with Gasteiger partial charge in [-0.2, -0.15) is 0 Å². The first-order valence-electron chi connectivity index (χ1n) is 28.7. The Kier molecular flexibility index (Phi) is 10.6. The first-order valence-corrected chi connectivity index (χ1v) is 28.7. The van der Waals surface area contributed by atoms with Crippen molar-refractivity contribution >= 4 is 74.3 Å². The third kappa shape index (κ3) is 7.43. The van der Waals surface area contributed by atoms with Crippen molar-refractivity contribution in [3.63, 3.8) is 0 Å². The fraction of sp³-hybridized carbons (Fsp3) is 0.342. The number of hydrogen-bond acceptors (Lipinski definition) is 3. The third-order valence-electron chi connectivity index (χ3n) is 19.6. The maximum Gasteiger partial charge on any atom is 0.252 e. The van der Waals surface area contributed by atoms with Crippen LogP contribution in [0.3, 0.4) is 0 Å². The van der Waals surface area contributed by atoms with E-state index in [4.69, 9.17) is 0 Å². The molecule has 3 nitrogen and oxygen atoms in total. The van der Waals surface area contributed by atoms with E-state index in [0.29, 0.717) is 0 Å². The van der Waals surface area contributed by atoms with Gasteiger partial charge in [0, 0.05) is 50.9 Å². The molecule has 0 amide bonds. The van der Waals surface area contributed by atoms with Crippen molar-refractivity contribution in [1.82, 2.24) is 0 Å². The summed E-state index contributed by atoms with van der Waals surface area (Å²) in [5.41, 5.74) is 27.7. The minimum Gasteiger partial charge on any atom is -0.311 e. The van der Waals surface area contributed by atoms with Crippen molar-refractivity contribution < 1.29 is 0 Å². The SMILES string of the molecule is Cc1cc2c(cc1N1c3ccc(C(C)(C)c4ccccc4)cc3B3c4cc5c(cc4N(c4ccc6c(c4)C(C)(C)CC6(C)C)c4cc(N(c6ccccc6)c6ccccc6)cc1c43)C(C)(C)CC5(C)C)C(C)(C)CC2(C)C. The largest absolute Gasteiger partial charge is 0.311 e. The van der Waals surface area contributed by atoms with Crippen LogP contribution in [0.2, 0.25) is 0 Å². The van der Waals surface area contributed by atoms with Crippen LogP contribution in [-0.2, 0) is 37.9 Å². The summed E-state index contributed by atoms with van der Waals surface area (Å²) in [6.45, 7) is 36.7. The Morgan fingerprint density at radius 3 is 1.39 bits per heavy atom. The van der Waals surface area contributed by atoms with Gasteiger partial charge in [0.05, 0.1) is 5.69 Å². The van der Waals surface area contributed by atoms with Crippen molar-refractivity contribution in [2.45, 2.75) is 161 Å². The Bertz CT molecular complexity index is 3690. The van der Waals surface area contributed by atoms with Gasteiger partial charge in [0.2, 0.25) is 0 Å². The molecule has 4 heteroatoms. The highest BCUT2D eigenvalue weighted by atomic mass is 15.2. The van der Waals surface area contributed by atoms with Crippen molar-refractivity contribution in [2.75, 3.05) is 14.7 Å². The van der Waals surface area contributed by atoms with Gasteiger partial charge in [-0.1, -0.05) is 194 Å². The van der Waals surface area contributed by atoms with E-state index in [1.807, 2.05) is 0 Å². The Labute approximate surface area is 461 Å². The average Bonchev–Trinajstić information content (AvgIpc) is 3.97. The molecule has 388 valence electrons. The van der Waals surface area contributed by atoms with Crippen molar-refractivity contribution in [3.05, 3.63) is 214 Å². The number of benzene rings is 8. The lowest BCUT2D eigenvalue weighted by Crippen LogP contribution is -2.62. The molecule has 0 bridgehead atoms. The van der Waals surface area contributed by atoms with Crippen LogP contribution in [0.25, 0.3) is 0 Å². The summed E-state index contributed by atoms with van der Waals surface area (Å²) in [6, 6.07) is 63.9. The highest BCUT2D eigenvalue weighted by Crippen LogP contribution is 2.57. The Morgan fingerprint density at radius 1 is 0.377 bits per heavy atom. The van der Waals surface area contributed by atoms with E-state index in [1.165, 1.54) is 101 Å². The fourth-order valence-electron chi connectivity index (χ4n) is 16.6. The molecule has 0 saturated heterocycles. The molecule has 0 aromatic heterocycles. The molecule has 0 unspecified atom stereocenters. The molecule has 0 spiro atoms. The quantitative estimate of drug-likeness (QED) is 0.147. The van der Waals surface area contributed by atoms with E-state index in [2.05, 4.69) is 282 Å². The zero-order valence-electron chi connectivity index (χ0n) is 48.6. The zero-order chi connectivity index (χ0) is 54.1. The summed E-state index contributed by atoms with van der Waals surface area (Å²) in [5, 5.41) is 0. The Hall–Kier alpha value is -6.78. The first kappa shape index (κ1) is 49.8. The zero-order valence-corrected chi connectivity index (χ0v) is 48.6. The molecule has 3 aliphatic carbocycles. The lowest BCUT2D eigenvalue weighted by molar-refractivity contribution is 0.402. The van der Waals surface area contributed by atoms with Crippen LogP contribution in [0.15, 0.2) is 164 Å². The standard InChI is InChI=1S/C73H78BN3/c1-46-35-54-57(71(10,11)44-68(54,4)5)41-62(46)77-61-34-31-48(73(14,15)47-25-19-16-20-26-47)36-59(61)74-60-40-56-58(72(12,13)45-70(56,8)9)42-63(60)76(51-32-33-53-55(37-51)69(6,7)43-67(53,2)3)64-38-52(39-65(77)66(64)74)75(49-27-21-17-22-28-49)50-29-23-18-24-30-50/h16-42H,43-45H2,1-15H3. The number of nitrogens with zero attached hydrogens (tertiary/aromatic N) is 3. The molecule has 0 fully saturated rings. The van der Waals surface area contributed by atoms with Crippen molar-refractivity contribution in [2.24, 2.45) is 0 Å². The van der Waals surface area contributed by atoms with Crippen molar-refractivity contribution in [1.29, 1.82) is 0 Å². The molecule has 0 N–H and O–H groups in total. The summed E-state index contributed by atoms with van der Waals surface area (Å²) < 4.78 is 0. The summed E-state index contributed by atoms with van der Waals surface area (Å²) in [5.74, 6) is 0. The van der Waals surface area contributed by atoms with Gasteiger partial charge in [-0.15, -0.1) is 0 Å². The monoisotopic (exact) mass is 1010 g/mol. The van der Waals surface area contributed by atoms with Gasteiger partial charge in [0.15, 0.2) is 0 Å². The second kappa shape index (κ2) is 16.4. The predicted molar refractivity (Wildman–Crippen MR) is 330 cm³/mol. The molecule has 2 aliphatic heterocycles. The lowest BCUT2D eigenvalue weighted by Gasteiger charge is -2.46. The Balaban J connectivity index is 1.19. The van der Waals surface area contributed by atoms with E-state index < -0.39 is 0 Å². The van der Waals surface area contributed by atoms with Gasteiger partial charge in [0.1, 0.15) is 0 Å². The summed E-state index contributed by atoms with van der Waals surface area (Å²) in [4.78, 5) is 7.91. The minimum atomic E-state index is -0.252. The van der Waals surface area contributed by atoms with Crippen LogP contribution in [0.4, 0.5) is 51.2 Å². The number of fused-ring (bicyclic) bond motifs is 7. The van der Waals surface area contributed by atoms with E-state index in [9.17, 15) is 0 Å². The van der Waals surface area contributed by atoms with Gasteiger partial charge < -0.3 is 14.7 Å². The summed E-state index contributed by atoms with van der Waals surface area (Å²) >= 11 is 0. The fourth-order valence-corrected chi connectivity index (χ4v) is 16.6. The molecule has 0 saturated carbocycles. The molecule has 5 aliphatic rings. The maximum atomic E-state index is 2.72. The average molecular weight is 1010 g/mol. The topological polar surface area (TPSA) is 9.72 Å². The number of anilines is 9. The van der Waals surface area contributed by atoms with Crippen LogP contribution in [0.1, 0.15) is 166 Å². The van der Waals surface area contributed by atoms with Gasteiger partial charge in [-0.3, -0.25) is 0 Å². The lowest BCUT2D eigenvalue weighted by atomic mass is 9.33. The van der Waals surface area contributed by atoms with Crippen LogP contribution in [-0.4, -0.2) is 6.71 Å². The van der Waals surface area contributed by atoms with Gasteiger partial charge in [-0.05, 0) is 192 Å². The van der Waals surface area contributed by atoms with E-state index in [1.54, 1.807) is 0 Å². The molecule has 0 radical (unpaired) electrons. The summed E-state index contributed by atoms with van der Waals surface area (Å²) in [7, 11) is 0. The van der Waals surface area contributed by atoms with Gasteiger partial charge >= 0.3 is 0 Å². The van der Waals surface area contributed by atoms with Crippen LogP contribution >= 0.6 is 0 Å². The number of hydrogen-bond donors (Lipinski definition) is 0. The molecule has 8 aromatic carbocycles. The van der Waals surface area contributed by atoms with Crippen LogP contribution in [0, 0.1) is 6.92 Å². The first-order chi connectivity index (χ1) is 36.3. The molecular weight excluding hydrogens is 930 g/mol. The van der Waals surface area contributed by atoms with E-state index in [0.717, 1.165) is 36.3 Å². The van der Waals surface area contributed by atoms with E-state index >= 15 is 0 Å². The van der Waals surface area contributed by atoms with Crippen molar-refractivity contribution in [3.8, 4) is 0 Å². The minimum absolute atomic E-state index is 0.00346. The molecular formula is C73H78BN3.